The lowest BCUT2D eigenvalue weighted by Gasteiger charge is -2.31. The Morgan fingerprint density at radius 2 is 2.28 bits per heavy atom. The summed E-state index contributed by atoms with van der Waals surface area (Å²) in [5.41, 5.74) is 2.24. The highest BCUT2D eigenvalue weighted by Gasteiger charge is 2.22. The van der Waals surface area contributed by atoms with Crippen LogP contribution < -0.4 is 10.2 Å². The van der Waals surface area contributed by atoms with Crippen molar-refractivity contribution in [3.8, 4) is 0 Å². The summed E-state index contributed by atoms with van der Waals surface area (Å²) < 4.78 is 0. The highest BCUT2D eigenvalue weighted by Crippen LogP contribution is 2.26. The van der Waals surface area contributed by atoms with Crippen LogP contribution in [0.1, 0.15) is 18.9 Å². The lowest BCUT2D eigenvalue weighted by molar-refractivity contribution is 0.248. The van der Waals surface area contributed by atoms with Gasteiger partial charge in [-0.05, 0) is 44.5 Å². The van der Waals surface area contributed by atoms with Gasteiger partial charge in [0.05, 0.1) is 6.61 Å². The van der Waals surface area contributed by atoms with Gasteiger partial charge >= 0.3 is 0 Å². The molecular formula is C14H21ClN2O. The van der Waals surface area contributed by atoms with Crippen molar-refractivity contribution in [2.45, 2.75) is 32.4 Å². The highest BCUT2D eigenvalue weighted by atomic mass is 35.5. The molecule has 2 unspecified atom stereocenters. The fourth-order valence-corrected chi connectivity index (χ4v) is 2.55. The Labute approximate surface area is 114 Å². The number of halogens is 1. The maximum absolute atomic E-state index is 9.35. The summed E-state index contributed by atoms with van der Waals surface area (Å²) in [6.07, 6.45) is 1.07. The van der Waals surface area contributed by atoms with E-state index in [1.54, 1.807) is 0 Å². The molecule has 0 amide bonds. The van der Waals surface area contributed by atoms with Crippen molar-refractivity contribution in [3.05, 3.63) is 28.8 Å². The number of anilines is 1. The molecule has 100 valence electrons. The van der Waals surface area contributed by atoms with E-state index in [-0.39, 0.29) is 12.6 Å². The molecule has 0 bridgehead atoms. The fourth-order valence-electron chi connectivity index (χ4n) is 2.38. The van der Waals surface area contributed by atoms with Crippen LogP contribution in [-0.4, -0.2) is 36.9 Å². The van der Waals surface area contributed by atoms with E-state index < -0.39 is 0 Å². The molecular weight excluding hydrogens is 248 g/mol. The molecule has 3 nitrogen and oxygen atoms in total. The first-order valence-corrected chi connectivity index (χ1v) is 6.86. The minimum atomic E-state index is 0.134. The average molecular weight is 269 g/mol. The van der Waals surface area contributed by atoms with Gasteiger partial charge in [0.1, 0.15) is 0 Å². The molecule has 1 saturated heterocycles. The minimum Gasteiger partial charge on any atom is -0.395 e. The Morgan fingerprint density at radius 3 is 2.94 bits per heavy atom. The number of rotatable bonds is 2. The molecule has 1 aromatic carbocycles. The van der Waals surface area contributed by atoms with Crippen molar-refractivity contribution in [2.75, 3.05) is 24.6 Å². The summed E-state index contributed by atoms with van der Waals surface area (Å²) in [6, 6.07) is 6.77. The van der Waals surface area contributed by atoms with Gasteiger partial charge in [0.25, 0.3) is 0 Å². The molecule has 4 heteroatoms. The highest BCUT2D eigenvalue weighted by molar-refractivity contribution is 6.31. The van der Waals surface area contributed by atoms with Crippen molar-refractivity contribution in [1.82, 2.24) is 5.32 Å². The zero-order chi connectivity index (χ0) is 13.1. The molecule has 2 N–H and O–H groups in total. The second-order valence-corrected chi connectivity index (χ2v) is 5.46. The minimum absolute atomic E-state index is 0.134. The van der Waals surface area contributed by atoms with E-state index in [2.05, 4.69) is 29.3 Å². The van der Waals surface area contributed by atoms with Crippen LogP contribution in [0.2, 0.25) is 5.02 Å². The van der Waals surface area contributed by atoms with Crippen molar-refractivity contribution in [3.63, 3.8) is 0 Å². The molecule has 0 aromatic heterocycles. The largest absolute Gasteiger partial charge is 0.395 e. The first-order chi connectivity index (χ1) is 8.61. The van der Waals surface area contributed by atoms with Crippen LogP contribution in [0, 0.1) is 6.92 Å². The number of aliphatic hydroxyl groups excluding tert-OH is 1. The van der Waals surface area contributed by atoms with Gasteiger partial charge in [-0.3, -0.25) is 0 Å². The van der Waals surface area contributed by atoms with Gasteiger partial charge in [0, 0.05) is 29.3 Å². The summed E-state index contributed by atoms with van der Waals surface area (Å²) in [6.45, 7) is 6.16. The number of hydrogen-bond donors (Lipinski definition) is 2. The van der Waals surface area contributed by atoms with Crippen molar-refractivity contribution in [1.29, 1.82) is 0 Å². The molecule has 0 radical (unpaired) electrons. The molecule has 1 fully saturated rings. The first kappa shape index (κ1) is 13.7. The molecule has 2 rings (SSSR count). The SMILES string of the molecule is Cc1ccc(N2CC(CO)NCCC2C)cc1Cl. The zero-order valence-corrected chi connectivity index (χ0v) is 11.7. The third-order valence-corrected chi connectivity index (χ3v) is 4.06. The first-order valence-electron chi connectivity index (χ1n) is 6.49. The molecule has 1 heterocycles. The van der Waals surface area contributed by atoms with Gasteiger partial charge < -0.3 is 15.3 Å². The maximum atomic E-state index is 9.35. The second-order valence-electron chi connectivity index (χ2n) is 5.06. The molecule has 0 saturated carbocycles. The van der Waals surface area contributed by atoms with Crippen LogP contribution >= 0.6 is 11.6 Å². The predicted octanol–water partition coefficient (Wildman–Crippen LogP) is 2.20. The van der Waals surface area contributed by atoms with Crippen LogP contribution in [0.4, 0.5) is 5.69 Å². The van der Waals surface area contributed by atoms with E-state index in [1.165, 1.54) is 0 Å². The number of aryl methyl sites for hydroxylation is 1. The van der Waals surface area contributed by atoms with Crippen LogP contribution in [0.25, 0.3) is 0 Å². The molecule has 1 aliphatic heterocycles. The Morgan fingerprint density at radius 1 is 1.50 bits per heavy atom. The number of nitrogens with one attached hydrogen (secondary N) is 1. The predicted molar refractivity (Wildman–Crippen MR) is 76.5 cm³/mol. The van der Waals surface area contributed by atoms with E-state index in [0.29, 0.717) is 6.04 Å². The smallest absolute Gasteiger partial charge is 0.0601 e. The zero-order valence-electron chi connectivity index (χ0n) is 11.0. The fraction of sp³-hybridized carbons (Fsp3) is 0.571. The van der Waals surface area contributed by atoms with Crippen LogP contribution in [-0.2, 0) is 0 Å². The molecule has 18 heavy (non-hydrogen) atoms. The van der Waals surface area contributed by atoms with E-state index >= 15 is 0 Å². The molecule has 0 aliphatic carbocycles. The van der Waals surface area contributed by atoms with Crippen LogP contribution in [0.5, 0.6) is 0 Å². The van der Waals surface area contributed by atoms with Crippen LogP contribution in [0.3, 0.4) is 0 Å². The molecule has 1 aromatic rings. The third-order valence-electron chi connectivity index (χ3n) is 3.65. The van der Waals surface area contributed by atoms with E-state index in [9.17, 15) is 5.11 Å². The average Bonchev–Trinajstić information content (AvgIpc) is 2.54. The van der Waals surface area contributed by atoms with Gasteiger partial charge in [-0.1, -0.05) is 17.7 Å². The quantitative estimate of drug-likeness (QED) is 0.863. The van der Waals surface area contributed by atoms with Gasteiger partial charge in [0.15, 0.2) is 0 Å². The number of hydrogen-bond acceptors (Lipinski definition) is 3. The number of aliphatic hydroxyl groups is 1. The monoisotopic (exact) mass is 268 g/mol. The lowest BCUT2D eigenvalue weighted by atomic mass is 10.1. The van der Waals surface area contributed by atoms with Crippen LogP contribution in [0.15, 0.2) is 18.2 Å². The Bertz CT molecular complexity index is 411. The lowest BCUT2D eigenvalue weighted by Crippen LogP contribution is -2.42. The van der Waals surface area contributed by atoms with Gasteiger partial charge in [-0.15, -0.1) is 0 Å². The van der Waals surface area contributed by atoms with E-state index in [4.69, 9.17) is 11.6 Å². The standard InChI is InChI=1S/C14H21ClN2O/c1-10-3-4-13(7-14(10)15)17-8-12(9-18)16-6-5-11(17)2/h3-4,7,11-12,16,18H,5-6,8-9H2,1-2H3. The Hall–Kier alpha value is -0.770. The Kier molecular flexibility index (Phi) is 4.49. The molecule has 1 aliphatic rings. The number of benzene rings is 1. The third kappa shape index (κ3) is 2.97. The Balaban J connectivity index is 2.24. The maximum Gasteiger partial charge on any atom is 0.0601 e. The second kappa shape index (κ2) is 5.91. The summed E-state index contributed by atoms with van der Waals surface area (Å²) >= 11 is 6.20. The summed E-state index contributed by atoms with van der Waals surface area (Å²) in [4.78, 5) is 2.33. The van der Waals surface area contributed by atoms with Gasteiger partial charge in [0.2, 0.25) is 0 Å². The van der Waals surface area contributed by atoms with E-state index in [0.717, 1.165) is 35.8 Å². The summed E-state index contributed by atoms with van der Waals surface area (Å²) in [7, 11) is 0. The number of nitrogens with zero attached hydrogens (tertiary/aromatic N) is 1. The molecule has 0 spiro atoms. The topological polar surface area (TPSA) is 35.5 Å². The normalized spacial score (nSPS) is 25.0. The summed E-state index contributed by atoms with van der Waals surface area (Å²) in [5.74, 6) is 0. The van der Waals surface area contributed by atoms with Crippen molar-refractivity contribution >= 4 is 17.3 Å². The summed E-state index contributed by atoms with van der Waals surface area (Å²) in [5, 5.41) is 13.5. The van der Waals surface area contributed by atoms with Crippen molar-refractivity contribution in [2.24, 2.45) is 0 Å². The molecule has 2 atom stereocenters. The van der Waals surface area contributed by atoms with Gasteiger partial charge in [-0.25, -0.2) is 0 Å². The van der Waals surface area contributed by atoms with E-state index in [1.807, 2.05) is 13.0 Å². The van der Waals surface area contributed by atoms with Crippen molar-refractivity contribution < 1.29 is 5.11 Å². The van der Waals surface area contributed by atoms with Gasteiger partial charge in [-0.2, -0.15) is 0 Å².